The molecule has 0 bridgehead atoms. The number of nitrogens with zero attached hydrogens (tertiary/aromatic N) is 1. The fourth-order valence-corrected chi connectivity index (χ4v) is 2.33. The lowest BCUT2D eigenvalue weighted by molar-refractivity contribution is -0.153. The van der Waals surface area contributed by atoms with Crippen molar-refractivity contribution in [2.24, 2.45) is 5.73 Å². The number of carbonyl (C=O) groups is 1. The second kappa shape index (κ2) is 5.88. The van der Waals surface area contributed by atoms with Gasteiger partial charge in [0.1, 0.15) is 12.8 Å². The maximum atomic E-state index is 12.7. The lowest BCUT2D eigenvalue weighted by atomic mass is 10.1. The van der Waals surface area contributed by atoms with E-state index in [2.05, 4.69) is 11.9 Å². The van der Waals surface area contributed by atoms with Crippen molar-refractivity contribution in [3.05, 3.63) is 12.3 Å². The summed E-state index contributed by atoms with van der Waals surface area (Å²) < 4.78 is 18.1. The van der Waals surface area contributed by atoms with Crippen LogP contribution in [0.5, 0.6) is 0 Å². The molecule has 0 aromatic rings. The summed E-state index contributed by atoms with van der Waals surface area (Å²) in [6.07, 6.45) is 0.795. The molecule has 1 amide bonds. The van der Waals surface area contributed by atoms with Gasteiger partial charge in [0, 0.05) is 24.8 Å². The minimum atomic E-state index is -0.628. The maximum Gasteiger partial charge on any atom is 0.253 e. The van der Waals surface area contributed by atoms with Crippen LogP contribution in [-0.4, -0.2) is 54.9 Å². The molecule has 108 valence electrons. The number of halogens is 1. The third-order valence-electron chi connectivity index (χ3n) is 3.65. The standard InChI is InChI=1S/C13H22FN3O2/c1-8(15)9(2)17(10-3-4-10)13(18)12-7-16-6-11(5-14)19-12/h9-12,16H,1,3-7,15H2,2H3/t9-,11-,12-/m1/s1. The number of carbonyl (C=O) groups excluding carboxylic acids is 1. The minimum absolute atomic E-state index is 0.118. The number of alkyl halides is 1. The Hall–Kier alpha value is -1.14. The van der Waals surface area contributed by atoms with Crippen LogP contribution in [0.3, 0.4) is 0 Å². The Bertz CT molecular complexity index is 360. The molecular formula is C13H22FN3O2. The molecule has 0 aromatic heterocycles. The number of ether oxygens (including phenoxy) is 1. The van der Waals surface area contributed by atoms with Crippen LogP contribution in [0.2, 0.25) is 0 Å². The van der Waals surface area contributed by atoms with Gasteiger partial charge in [0.2, 0.25) is 0 Å². The number of rotatable bonds is 5. The highest BCUT2D eigenvalue weighted by molar-refractivity contribution is 5.82. The van der Waals surface area contributed by atoms with Crippen molar-refractivity contribution in [1.29, 1.82) is 0 Å². The molecule has 1 aliphatic carbocycles. The summed E-state index contributed by atoms with van der Waals surface area (Å²) in [5.74, 6) is -0.118. The van der Waals surface area contributed by atoms with Gasteiger partial charge >= 0.3 is 0 Å². The molecule has 3 N–H and O–H groups in total. The highest BCUT2D eigenvalue weighted by atomic mass is 19.1. The number of hydrogen-bond donors (Lipinski definition) is 2. The van der Waals surface area contributed by atoms with Gasteiger partial charge in [-0.1, -0.05) is 6.58 Å². The topological polar surface area (TPSA) is 67.6 Å². The summed E-state index contributed by atoms with van der Waals surface area (Å²) in [4.78, 5) is 14.3. The van der Waals surface area contributed by atoms with Gasteiger partial charge < -0.3 is 20.7 Å². The van der Waals surface area contributed by atoms with Crippen LogP contribution in [0.15, 0.2) is 12.3 Å². The first kappa shape index (κ1) is 14.3. The summed E-state index contributed by atoms with van der Waals surface area (Å²) in [6.45, 7) is 5.86. The van der Waals surface area contributed by atoms with E-state index in [4.69, 9.17) is 10.5 Å². The van der Waals surface area contributed by atoms with Crippen LogP contribution in [0.4, 0.5) is 4.39 Å². The van der Waals surface area contributed by atoms with Gasteiger partial charge in [-0.15, -0.1) is 0 Å². The predicted octanol–water partition coefficient (Wildman–Crippen LogP) is 0.165. The fourth-order valence-electron chi connectivity index (χ4n) is 2.33. The minimum Gasteiger partial charge on any atom is -0.401 e. The van der Waals surface area contributed by atoms with Crippen LogP contribution in [-0.2, 0) is 9.53 Å². The SMILES string of the molecule is C=C(N)[C@@H](C)N(C(=O)[C@H]1CNC[C@@H](CF)O1)C1CC1. The highest BCUT2D eigenvalue weighted by Gasteiger charge is 2.40. The average molecular weight is 271 g/mol. The van der Waals surface area contributed by atoms with E-state index in [0.717, 1.165) is 12.8 Å². The predicted molar refractivity (Wildman–Crippen MR) is 70.2 cm³/mol. The lowest BCUT2D eigenvalue weighted by Gasteiger charge is -2.36. The second-order valence-electron chi connectivity index (χ2n) is 5.29. The van der Waals surface area contributed by atoms with E-state index < -0.39 is 18.9 Å². The Morgan fingerprint density at radius 2 is 2.26 bits per heavy atom. The van der Waals surface area contributed by atoms with Gasteiger partial charge in [-0.3, -0.25) is 4.79 Å². The zero-order chi connectivity index (χ0) is 14.0. The molecule has 2 fully saturated rings. The van der Waals surface area contributed by atoms with Crippen LogP contribution >= 0.6 is 0 Å². The lowest BCUT2D eigenvalue weighted by Crippen LogP contribution is -2.55. The van der Waals surface area contributed by atoms with Crippen molar-refractivity contribution in [3.63, 3.8) is 0 Å². The molecule has 1 aliphatic heterocycles. The third kappa shape index (κ3) is 3.25. The highest BCUT2D eigenvalue weighted by Crippen LogP contribution is 2.30. The first-order chi connectivity index (χ1) is 9.04. The second-order valence-corrected chi connectivity index (χ2v) is 5.29. The molecule has 6 heteroatoms. The molecular weight excluding hydrogens is 249 g/mol. The molecule has 1 heterocycles. The van der Waals surface area contributed by atoms with Crippen molar-refractivity contribution < 1.29 is 13.9 Å². The number of morpholine rings is 1. The summed E-state index contributed by atoms with van der Waals surface area (Å²) >= 11 is 0. The van der Waals surface area contributed by atoms with Crippen LogP contribution in [0.1, 0.15) is 19.8 Å². The Balaban J connectivity index is 2.04. The van der Waals surface area contributed by atoms with Crippen LogP contribution < -0.4 is 11.1 Å². The van der Waals surface area contributed by atoms with E-state index in [9.17, 15) is 9.18 Å². The Morgan fingerprint density at radius 1 is 1.58 bits per heavy atom. The molecule has 0 radical (unpaired) electrons. The van der Waals surface area contributed by atoms with E-state index in [1.54, 1.807) is 4.90 Å². The monoisotopic (exact) mass is 271 g/mol. The summed E-state index contributed by atoms with van der Waals surface area (Å²) in [5.41, 5.74) is 6.18. The number of nitrogens with two attached hydrogens (primary N) is 1. The number of amides is 1. The van der Waals surface area contributed by atoms with Gasteiger partial charge in [-0.05, 0) is 19.8 Å². The number of hydrogen-bond acceptors (Lipinski definition) is 4. The first-order valence-corrected chi connectivity index (χ1v) is 6.73. The molecule has 1 saturated heterocycles. The van der Waals surface area contributed by atoms with Crippen molar-refractivity contribution in [1.82, 2.24) is 10.2 Å². The molecule has 1 saturated carbocycles. The van der Waals surface area contributed by atoms with E-state index >= 15 is 0 Å². The molecule has 0 unspecified atom stereocenters. The van der Waals surface area contributed by atoms with Crippen LogP contribution in [0, 0.1) is 0 Å². The van der Waals surface area contributed by atoms with Gasteiger partial charge in [0.25, 0.3) is 5.91 Å². The molecule has 0 aromatic carbocycles. The molecule has 0 spiro atoms. The van der Waals surface area contributed by atoms with Gasteiger partial charge in [-0.25, -0.2) is 4.39 Å². The largest absolute Gasteiger partial charge is 0.401 e. The zero-order valence-corrected chi connectivity index (χ0v) is 11.3. The Kier molecular flexibility index (Phi) is 4.42. The van der Waals surface area contributed by atoms with Crippen molar-refractivity contribution in [2.75, 3.05) is 19.8 Å². The van der Waals surface area contributed by atoms with Gasteiger partial charge in [-0.2, -0.15) is 0 Å². The smallest absolute Gasteiger partial charge is 0.253 e. The average Bonchev–Trinajstić information content (AvgIpc) is 3.23. The Morgan fingerprint density at radius 3 is 2.79 bits per heavy atom. The van der Waals surface area contributed by atoms with E-state index in [1.165, 1.54) is 0 Å². The summed E-state index contributed by atoms with van der Waals surface area (Å²) in [5, 5.41) is 3.03. The maximum absolute atomic E-state index is 12.7. The van der Waals surface area contributed by atoms with E-state index in [-0.39, 0.29) is 18.0 Å². The Labute approximate surface area is 113 Å². The van der Waals surface area contributed by atoms with Crippen molar-refractivity contribution in [2.45, 2.75) is 44.1 Å². The zero-order valence-electron chi connectivity index (χ0n) is 11.3. The van der Waals surface area contributed by atoms with E-state index in [1.807, 2.05) is 6.92 Å². The van der Waals surface area contributed by atoms with Crippen molar-refractivity contribution in [3.8, 4) is 0 Å². The normalized spacial score (nSPS) is 28.7. The molecule has 5 nitrogen and oxygen atoms in total. The molecule has 2 aliphatic rings. The molecule has 2 rings (SSSR count). The van der Waals surface area contributed by atoms with Gasteiger partial charge in [0.05, 0.1) is 12.1 Å². The number of nitrogens with one attached hydrogen (secondary N) is 1. The summed E-state index contributed by atoms with van der Waals surface area (Å²) in [6, 6.07) is 0.00602. The summed E-state index contributed by atoms with van der Waals surface area (Å²) in [7, 11) is 0. The molecule has 19 heavy (non-hydrogen) atoms. The molecule has 3 atom stereocenters. The van der Waals surface area contributed by atoms with Crippen molar-refractivity contribution >= 4 is 5.91 Å². The van der Waals surface area contributed by atoms with Crippen LogP contribution in [0.25, 0.3) is 0 Å². The van der Waals surface area contributed by atoms with Gasteiger partial charge in [0.15, 0.2) is 0 Å². The quantitative estimate of drug-likeness (QED) is 0.748. The first-order valence-electron chi connectivity index (χ1n) is 6.73. The fraction of sp³-hybridized carbons (Fsp3) is 0.769. The van der Waals surface area contributed by atoms with E-state index in [0.29, 0.717) is 18.8 Å². The third-order valence-corrected chi connectivity index (χ3v) is 3.65.